The minimum absolute atomic E-state index is 0.161. The van der Waals surface area contributed by atoms with Gasteiger partial charge in [0.25, 0.3) is 0 Å². The van der Waals surface area contributed by atoms with Crippen molar-refractivity contribution >= 4 is 11.7 Å². The van der Waals surface area contributed by atoms with E-state index in [-0.39, 0.29) is 5.91 Å². The molecular formula is C13H20N4O. The van der Waals surface area contributed by atoms with Crippen LogP contribution in [0, 0.1) is 0 Å². The van der Waals surface area contributed by atoms with Crippen molar-refractivity contribution in [2.45, 2.75) is 26.7 Å². The summed E-state index contributed by atoms with van der Waals surface area (Å²) in [6.07, 6.45) is 3.54. The fraction of sp³-hybridized carbons (Fsp3) is 0.615. The van der Waals surface area contributed by atoms with Gasteiger partial charge in [0.15, 0.2) is 0 Å². The van der Waals surface area contributed by atoms with E-state index in [4.69, 9.17) is 0 Å². The summed E-state index contributed by atoms with van der Waals surface area (Å²) in [6, 6.07) is 2.05. The van der Waals surface area contributed by atoms with Gasteiger partial charge in [-0.05, 0) is 12.8 Å². The van der Waals surface area contributed by atoms with E-state index in [0.717, 1.165) is 50.5 Å². The third-order valence-corrected chi connectivity index (χ3v) is 3.34. The third kappa shape index (κ3) is 2.97. The molecule has 0 N–H and O–H groups in total. The molecule has 98 valence electrons. The van der Waals surface area contributed by atoms with Crippen LogP contribution in [-0.2, 0) is 11.2 Å². The van der Waals surface area contributed by atoms with Crippen molar-refractivity contribution in [3.63, 3.8) is 0 Å². The molecule has 5 heteroatoms. The normalized spacial score (nSPS) is 16.6. The summed E-state index contributed by atoms with van der Waals surface area (Å²) >= 11 is 0. The summed E-state index contributed by atoms with van der Waals surface area (Å²) in [5, 5.41) is 0. The molecular weight excluding hydrogens is 228 g/mol. The lowest BCUT2D eigenvalue weighted by Gasteiger charge is -2.22. The van der Waals surface area contributed by atoms with Crippen LogP contribution in [0.1, 0.15) is 26.0 Å². The smallest absolute Gasteiger partial charge is 0.219 e. The minimum atomic E-state index is 0.161. The molecule has 0 atom stereocenters. The van der Waals surface area contributed by atoms with Gasteiger partial charge in [0, 0.05) is 44.9 Å². The van der Waals surface area contributed by atoms with Gasteiger partial charge >= 0.3 is 0 Å². The van der Waals surface area contributed by atoms with Crippen LogP contribution in [0.5, 0.6) is 0 Å². The Bertz CT molecular complexity index is 421. The molecule has 1 aliphatic heterocycles. The van der Waals surface area contributed by atoms with Crippen LogP contribution in [-0.4, -0.2) is 47.0 Å². The van der Waals surface area contributed by atoms with Gasteiger partial charge in [0.05, 0.1) is 0 Å². The fourth-order valence-electron chi connectivity index (χ4n) is 2.21. The van der Waals surface area contributed by atoms with Gasteiger partial charge in [0.1, 0.15) is 12.1 Å². The average molecular weight is 248 g/mol. The molecule has 0 unspecified atom stereocenters. The molecule has 1 fully saturated rings. The van der Waals surface area contributed by atoms with Gasteiger partial charge in [0.2, 0.25) is 5.91 Å². The molecule has 1 aromatic rings. The minimum Gasteiger partial charge on any atom is -0.355 e. The van der Waals surface area contributed by atoms with Crippen LogP contribution in [0.15, 0.2) is 12.4 Å². The van der Waals surface area contributed by atoms with E-state index in [1.54, 1.807) is 13.3 Å². The summed E-state index contributed by atoms with van der Waals surface area (Å²) < 4.78 is 0. The van der Waals surface area contributed by atoms with Crippen LogP contribution in [0.2, 0.25) is 0 Å². The maximum atomic E-state index is 11.4. The molecule has 0 aliphatic carbocycles. The Morgan fingerprint density at radius 3 is 2.83 bits per heavy atom. The molecule has 18 heavy (non-hydrogen) atoms. The summed E-state index contributed by atoms with van der Waals surface area (Å²) in [7, 11) is 0. The molecule has 0 aromatic carbocycles. The zero-order chi connectivity index (χ0) is 13.0. The second kappa shape index (κ2) is 5.80. The first-order valence-corrected chi connectivity index (χ1v) is 6.52. The largest absolute Gasteiger partial charge is 0.355 e. The van der Waals surface area contributed by atoms with Crippen LogP contribution >= 0.6 is 0 Å². The SMILES string of the molecule is CCc1cc(N2CCCN(C(C)=O)CC2)ncn1. The molecule has 1 aliphatic rings. The predicted molar refractivity (Wildman–Crippen MR) is 70.5 cm³/mol. The van der Waals surface area contributed by atoms with E-state index in [1.165, 1.54) is 0 Å². The number of hydrogen-bond donors (Lipinski definition) is 0. The highest BCUT2D eigenvalue weighted by molar-refractivity contribution is 5.73. The molecule has 1 amide bonds. The molecule has 2 heterocycles. The van der Waals surface area contributed by atoms with E-state index >= 15 is 0 Å². The van der Waals surface area contributed by atoms with Gasteiger partial charge in [-0.1, -0.05) is 6.92 Å². The van der Waals surface area contributed by atoms with Crippen LogP contribution in [0.3, 0.4) is 0 Å². The lowest BCUT2D eigenvalue weighted by molar-refractivity contribution is -0.128. The van der Waals surface area contributed by atoms with Crippen molar-refractivity contribution in [1.82, 2.24) is 14.9 Å². The number of amides is 1. The highest BCUT2D eigenvalue weighted by atomic mass is 16.2. The molecule has 0 radical (unpaired) electrons. The van der Waals surface area contributed by atoms with E-state index in [9.17, 15) is 4.79 Å². The Hall–Kier alpha value is -1.65. The summed E-state index contributed by atoms with van der Waals surface area (Å²) in [4.78, 5) is 24.1. The van der Waals surface area contributed by atoms with Gasteiger partial charge in [-0.15, -0.1) is 0 Å². The van der Waals surface area contributed by atoms with Crippen LogP contribution < -0.4 is 4.90 Å². The molecule has 5 nitrogen and oxygen atoms in total. The fourth-order valence-corrected chi connectivity index (χ4v) is 2.21. The topological polar surface area (TPSA) is 49.3 Å². The first-order valence-electron chi connectivity index (χ1n) is 6.52. The summed E-state index contributed by atoms with van der Waals surface area (Å²) in [5.74, 6) is 1.14. The van der Waals surface area contributed by atoms with Gasteiger partial charge in [-0.2, -0.15) is 0 Å². The number of carbonyl (C=O) groups is 1. The quantitative estimate of drug-likeness (QED) is 0.786. The molecule has 1 saturated heterocycles. The Morgan fingerprint density at radius 1 is 1.28 bits per heavy atom. The van der Waals surface area contributed by atoms with E-state index in [1.807, 2.05) is 11.0 Å². The number of anilines is 1. The van der Waals surface area contributed by atoms with Crippen LogP contribution in [0.25, 0.3) is 0 Å². The van der Waals surface area contributed by atoms with Crippen molar-refractivity contribution in [3.05, 3.63) is 18.1 Å². The lowest BCUT2D eigenvalue weighted by Crippen LogP contribution is -2.33. The highest BCUT2D eigenvalue weighted by Gasteiger charge is 2.17. The first kappa shape index (κ1) is 12.8. The number of nitrogens with zero attached hydrogens (tertiary/aromatic N) is 4. The average Bonchev–Trinajstić information content (AvgIpc) is 2.64. The van der Waals surface area contributed by atoms with Crippen molar-refractivity contribution in [2.75, 3.05) is 31.1 Å². The van der Waals surface area contributed by atoms with Crippen molar-refractivity contribution in [3.8, 4) is 0 Å². The maximum absolute atomic E-state index is 11.4. The predicted octanol–water partition coefficient (Wildman–Crippen LogP) is 1.10. The van der Waals surface area contributed by atoms with Gasteiger partial charge < -0.3 is 9.80 Å². The monoisotopic (exact) mass is 248 g/mol. The lowest BCUT2D eigenvalue weighted by atomic mass is 10.3. The first-order chi connectivity index (χ1) is 8.70. The summed E-state index contributed by atoms with van der Waals surface area (Å²) in [6.45, 7) is 7.14. The number of aromatic nitrogens is 2. The van der Waals surface area contributed by atoms with Gasteiger partial charge in [-0.3, -0.25) is 4.79 Å². The zero-order valence-electron chi connectivity index (χ0n) is 11.1. The van der Waals surface area contributed by atoms with Crippen LogP contribution in [0.4, 0.5) is 5.82 Å². The second-order valence-electron chi connectivity index (χ2n) is 4.57. The summed E-state index contributed by atoms with van der Waals surface area (Å²) in [5.41, 5.74) is 1.06. The highest BCUT2D eigenvalue weighted by Crippen LogP contribution is 2.14. The molecule has 0 bridgehead atoms. The number of carbonyl (C=O) groups excluding carboxylic acids is 1. The van der Waals surface area contributed by atoms with E-state index < -0.39 is 0 Å². The number of aryl methyl sites for hydroxylation is 1. The molecule has 1 aromatic heterocycles. The molecule has 0 saturated carbocycles. The van der Waals surface area contributed by atoms with E-state index in [0.29, 0.717) is 0 Å². The molecule has 2 rings (SSSR count). The second-order valence-corrected chi connectivity index (χ2v) is 4.57. The standard InChI is InChI=1S/C13H20N4O/c1-3-12-9-13(15-10-14-12)17-6-4-5-16(7-8-17)11(2)18/h9-10H,3-8H2,1-2H3. The van der Waals surface area contributed by atoms with Crippen molar-refractivity contribution in [2.24, 2.45) is 0 Å². The van der Waals surface area contributed by atoms with Crippen molar-refractivity contribution in [1.29, 1.82) is 0 Å². The van der Waals surface area contributed by atoms with E-state index in [2.05, 4.69) is 21.8 Å². The number of rotatable bonds is 2. The Morgan fingerprint density at radius 2 is 2.11 bits per heavy atom. The third-order valence-electron chi connectivity index (χ3n) is 3.34. The van der Waals surface area contributed by atoms with Crippen molar-refractivity contribution < 1.29 is 4.79 Å². The van der Waals surface area contributed by atoms with Gasteiger partial charge in [-0.25, -0.2) is 9.97 Å². The maximum Gasteiger partial charge on any atom is 0.219 e. The molecule has 0 spiro atoms. The Kier molecular flexibility index (Phi) is 4.12. The number of hydrogen-bond acceptors (Lipinski definition) is 4. The zero-order valence-corrected chi connectivity index (χ0v) is 11.1. The Labute approximate surface area is 108 Å². The Balaban J connectivity index is 2.07.